The molecular formula is C25H25F3N4O2. The van der Waals surface area contributed by atoms with Crippen LogP contribution in [0.1, 0.15) is 33.1 Å². The second-order valence-corrected chi connectivity index (χ2v) is 8.79. The molecule has 1 N–H and O–H groups in total. The number of nitrogens with zero attached hydrogens (tertiary/aromatic N) is 3. The van der Waals surface area contributed by atoms with Gasteiger partial charge in [0.05, 0.1) is 22.9 Å². The number of rotatable bonds is 4. The Balaban J connectivity index is 1.57. The number of carbonyl (C=O) groups is 2. The fraction of sp³-hybridized carbons (Fsp3) is 0.360. The van der Waals surface area contributed by atoms with E-state index in [9.17, 15) is 22.8 Å². The summed E-state index contributed by atoms with van der Waals surface area (Å²) >= 11 is 0. The van der Waals surface area contributed by atoms with Crippen molar-refractivity contribution >= 4 is 17.5 Å². The largest absolute Gasteiger partial charge is 0.416 e. The number of Topliss-reactive ketones (excluding diaryl/α,β-unsaturated/α-hetero) is 1. The van der Waals surface area contributed by atoms with Crippen LogP contribution in [-0.4, -0.2) is 72.8 Å². The summed E-state index contributed by atoms with van der Waals surface area (Å²) in [6.07, 6.45) is -4.47. The van der Waals surface area contributed by atoms with Crippen LogP contribution in [0, 0.1) is 0 Å². The fourth-order valence-electron chi connectivity index (χ4n) is 5.06. The van der Waals surface area contributed by atoms with Gasteiger partial charge in [0.15, 0.2) is 5.78 Å². The highest BCUT2D eigenvalue weighted by molar-refractivity contribution is 6.23. The molecule has 0 saturated carbocycles. The molecule has 1 saturated heterocycles. The molecule has 2 aromatic rings. The number of urea groups is 1. The van der Waals surface area contributed by atoms with Crippen molar-refractivity contribution in [2.24, 2.45) is 0 Å². The third-order valence-electron chi connectivity index (χ3n) is 6.80. The molecular weight excluding hydrogens is 445 g/mol. The van der Waals surface area contributed by atoms with Gasteiger partial charge in [-0.15, -0.1) is 0 Å². The lowest BCUT2D eigenvalue weighted by molar-refractivity contribution is -0.137. The summed E-state index contributed by atoms with van der Waals surface area (Å²) in [5.74, 6) is -0.193. The second-order valence-electron chi connectivity index (χ2n) is 8.79. The van der Waals surface area contributed by atoms with E-state index in [0.29, 0.717) is 41.1 Å². The number of nitrogens with one attached hydrogen (secondary N) is 1. The van der Waals surface area contributed by atoms with E-state index in [0.717, 1.165) is 38.3 Å². The van der Waals surface area contributed by atoms with Crippen LogP contribution in [0.2, 0.25) is 0 Å². The molecule has 0 bridgehead atoms. The molecule has 3 aliphatic rings. The fourth-order valence-corrected chi connectivity index (χ4v) is 5.06. The topological polar surface area (TPSA) is 55.9 Å². The van der Waals surface area contributed by atoms with Crippen molar-refractivity contribution in [3.63, 3.8) is 0 Å². The van der Waals surface area contributed by atoms with E-state index in [-0.39, 0.29) is 11.8 Å². The molecule has 0 aromatic heterocycles. The molecule has 2 amide bonds. The molecule has 9 heteroatoms. The van der Waals surface area contributed by atoms with Gasteiger partial charge in [-0.25, -0.2) is 4.79 Å². The zero-order chi connectivity index (χ0) is 24.0. The highest BCUT2D eigenvalue weighted by Gasteiger charge is 2.46. The van der Waals surface area contributed by atoms with Crippen molar-refractivity contribution in [3.05, 3.63) is 76.4 Å². The van der Waals surface area contributed by atoms with Gasteiger partial charge in [-0.2, -0.15) is 13.2 Å². The highest BCUT2D eigenvalue weighted by Crippen LogP contribution is 2.47. The smallest absolute Gasteiger partial charge is 0.314 e. The second kappa shape index (κ2) is 8.56. The summed E-state index contributed by atoms with van der Waals surface area (Å²) in [5, 5.41) is 3.29. The molecule has 0 radical (unpaired) electrons. The molecule has 2 aromatic carbocycles. The number of hydrogen-bond donors (Lipinski definition) is 1. The van der Waals surface area contributed by atoms with Crippen LogP contribution < -0.4 is 5.32 Å². The Morgan fingerprint density at radius 3 is 2.24 bits per heavy atom. The predicted octanol–water partition coefficient (Wildman–Crippen LogP) is 3.63. The molecule has 1 fully saturated rings. The number of benzene rings is 2. The molecule has 2 heterocycles. The molecule has 178 valence electrons. The Morgan fingerprint density at radius 2 is 1.59 bits per heavy atom. The summed E-state index contributed by atoms with van der Waals surface area (Å²) < 4.78 is 39.6. The first-order valence-electron chi connectivity index (χ1n) is 11.3. The maximum Gasteiger partial charge on any atom is 0.416 e. The summed E-state index contributed by atoms with van der Waals surface area (Å²) in [6.45, 7) is 4.39. The predicted molar refractivity (Wildman–Crippen MR) is 121 cm³/mol. The number of ketones is 1. The molecule has 0 spiro atoms. The summed E-state index contributed by atoms with van der Waals surface area (Å²) in [6, 6.07) is 10.9. The summed E-state index contributed by atoms with van der Waals surface area (Å²) in [7, 11) is 1.65. The van der Waals surface area contributed by atoms with Crippen LogP contribution in [0.4, 0.5) is 18.0 Å². The van der Waals surface area contributed by atoms with E-state index in [1.807, 2.05) is 6.07 Å². The minimum atomic E-state index is -4.47. The number of halogens is 3. The lowest BCUT2D eigenvalue weighted by Crippen LogP contribution is -2.52. The standard InChI is InChI=1S/C25H25F3N4O2/c1-30-22-18-4-2-3-5-19(18)23(33)20(22)21(16-6-8-17(9-7-16)25(26,27)28)32(24(30)34)15-14-31-12-10-29-11-13-31/h2-9,21,29H,10-15H2,1H3. The number of carbonyl (C=O) groups excluding carboxylic acids is 2. The molecule has 34 heavy (non-hydrogen) atoms. The average Bonchev–Trinajstić information content (AvgIpc) is 3.13. The van der Waals surface area contributed by atoms with E-state index in [1.165, 1.54) is 17.0 Å². The van der Waals surface area contributed by atoms with Gasteiger partial charge in [0.25, 0.3) is 0 Å². The normalized spacial score (nSPS) is 21.2. The Labute approximate surface area is 195 Å². The average molecular weight is 470 g/mol. The maximum absolute atomic E-state index is 13.6. The van der Waals surface area contributed by atoms with E-state index in [1.54, 1.807) is 30.1 Å². The van der Waals surface area contributed by atoms with Gasteiger partial charge >= 0.3 is 12.2 Å². The number of piperazine rings is 1. The van der Waals surface area contributed by atoms with E-state index >= 15 is 0 Å². The maximum atomic E-state index is 13.6. The Kier molecular flexibility index (Phi) is 5.69. The quantitative estimate of drug-likeness (QED) is 0.742. The summed E-state index contributed by atoms with van der Waals surface area (Å²) in [5.41, 5.74) is 1.88. The minimum Gasteiger partial charge on any atom is -0.314 e. The van der Waals surface area contributed by atoms with Crippen molar-refractivity contribution in [2.75, 3.05) is 46.3 Å². The minimum absolute atomic E-state index is 0.193. The van der Waals surface area contributed by atoms with Gasteiger partial charge < -0.3 is 10.2 Å². The number of hydrogen-bond acceptors (Lipinski definition) is 4. The van der Waals surface area contributed by atoms with Crippen molar-refractivity contribution < 1.29 is 22.8 Å². The molecule has 2 aliphatic heterocycles. The first-order chi connectivity index (χ1) is 16.3. The lowest BCUT2D eigenvalue weighted by Gasteiger charge is -2.42. The summed E-state index contributed by atoms with van der Waals surface area (Å²) in [4.78, 5) is 32.4. The van der Waals surface area contributed by atoms with Gasteiger partial charge in [-0.05, 0) is 17.7 Å². The molecule has 5 rings (SSSR count). The van der Waals surface area contributed by atoms with E-state index in [2.05, 4.69) is 10.2 Å². The van der Waals surface area contributed by atoms with Crippen LogP contribution in [0.5, 0.6) is 0 Å². The lowest BCUT2D eigenvalue weighted by atomic mass is 9.91. The van der Waals surface area contributed by atoms with Gasteiger partial charge in [0.1, 0.15) is 0 Å². The Bertz CT molecular complexity index is 1150. The van der Waals surface area contributed by atoms with E-state index in [4.69, 9.17) is 0 Å². The zero-order valence-electron chi connectivity index (χ0n) is 18.7. The van der Waals surface area contributed by atoms with Gasteiger partial charge in [-0.1, -0.05) is 36.4 Å². The van der Waals surface area contributed by atoms with Crippen LogP contribution in [0.15, 0.2) is 54.1 Å². The molecule has 6 nitrogen and oxygen atoms in total. The monoisotopic (exact) mass is 470 g/mol. The first-order valence-corrected chi connectivity index (χ1v) is 11.3. The zero-order valence-corrected chi connectivity index (χ0v) is 18.7. The highest BCUT2D eigenvalue weighted by atomic mass is 19.4. The van der Waals surface area contributed by atoms with Gasteiger partial charge in [0.2, 0.25) is 0 Å². The first kappa shape index (κ1) is 22.6. The van der Waals surface area contributed by atoms with Crippen LogP contribution in [0.25, 0.3) is 5.70 Å². The van der Waals surface area contributed by atoms with Crippen molar-refractivity contribution in [1.82, 2.24) is 20.0 Å². The van der Waals surface area contributed by atoms with Gasteiger partial charge in [-0.3, -0.25) is 14.6 Å². The van der Waals surface area contributed by atoms with Crippen molar-refractivity contribution in [2.45, 2.75) is 12.2 Å². The third kappa shape index (κ3) is 3.78. The number of alkyl halides is 3. The van der Waals surface area contributed by atoms with Crippen molar-refractivity contribution in [3.8, 4) is 0 Å². The molecule has 1 atom stereocenters. The number of amides is 2. The number of fused-ring (bicyclic) bond motifs is 2. The van der Waals surface area contributed by atoms with Crippen LogP contribution in [-0.2, 0) is 6.18 Å². The third-order valence-corrected chi connectivity index (χ3v) is 6.80. The molecule has 1 aliphatic carbocycles. The van der Waals surface area contributed by atoms with E-state index < -0.39 is 17.8 Å². The Morgan fingerprint density at radius 1 is 0.941 bits per heavy atom. The van der Waals surface area contributed by atoms with Crippen molar-refractivity contribution in [1.29, 1.82) is 0 Å². The molecule has 1 unspecified atom stereocenters. The van der Waals surface area contributed by atoms with Gasteiger partial charge in [0, 0.05) is 57.4 Å². The van der Waals surface area contributed by atoms with Crippen LogP contribution >= 0.6 is 0 Å². The Hall–Kier alpha value is -3.17. The van der Waals surface area contributed by atoms with Crippen LogP contribution in [0.3, 0.4) is 0 Å². The SMILES string of the molecule is CN1C(=O)N(CCN2CCNCC2)C(c2ccc(C(F)(F)F)cc2)C2=C1c1ccccc1C2=O.